The second-order valence-electron chi connectivity index (χ2n) is 3.38. The number of hydrogen-bond donors (Lipinski definition) is 4. The van der Waals surface area contributed by atoms with E-state index in [-0.39, 0.29) is 5.78 Å². The Kier molecular flexibility index (Phi) is 3.56. The summed E-state index contributed by atoms with van der Waals surface area (Å²) >= 11 is 0. The second kappa shape index (κ2) is 4.50. The maximum Gasteiger partial charge on any atom is 0.320 e. The highest BCUT2D eigenvalue weighted by atomic mass is 16.4. The lowest BCUT2D eigenvalue weighted by atomic mass is 10.1. The first kappa shape index (κ1) is 11.1. The molecule has 6 nitrogen and oxygen atoms in total. The van der Waals surface area contributed by atoms with Gasteiger partial charge in [-0.25, -0.2) is 0 Å². The number of rotatable bonds is 4. The predicted octanol–water partition coefficient (Wildman–Crippen LogP) is -1.92. The van der Waals surface area contributed by atoms with E-state index in [1.54, 1.807) is 0 Å². The van der Waals surface area contributed by atoms with E-state index in [1.807, 2.05) is 0 Å². The van der Waals surface area contributed by atoms with Gasteiger partial charge in [-0.2, -0.15) is 0 Å². The van der Waals surface area contributed by atoms with Crippen LogP contribution in [0.1, 0.15) is 12.8 Å². The minimum absolute atomic E-state index is 0.323. The smallest absolute Gasteiger partial charge is 0.320 e. The van der Waals surface area contributed by atoms with Gasteiger partial charge in [0.2, 0.25) is 0 Å². The Bertz CT molecular complexity index is 243. The van der Waals surface area contributed by atoms with Gasteiger partial charge in [-0.1, -0.05) is 0 Å². The monoisotopic (exact) mass is 202 g/mol. The van der Waals surface area contributed by atoms with Crippen LogP contribution in [-0.4, -0.2) is 46.7 Å². The molecule has 1 aliphatic rings. The zero-order valence-electron chi connectivity index (χ0n) is 7.64. The summed E-state index contributed by atoms with van der Waals surface area (Å²) in [5, 5.41) is 20.0. The van der Waals surface area contributed by atoms with E-state index in [0.717, 1.165) is 0 Å². The normalized spacial score (nSPS) is 28.7. The van der Waals surface area contributed by atoms with E-state index in [1.165, 1.54) is 0 Å². The first-order valence-corrected chi connectivity index (χ1v) is 4.45. The summed E-state index contributed by atoms with van der Waals surface area (Å²) < 4.78 is 0. The molecule has 0 aliphatic carbocycles. The number of aliphatic hydroxyl groups is 1. The third-order valence-corrected chi connectivity index (χ3v) is 2.35. The molecule has 5 N–H and O–H groups in total. The third-order valence-electron chi connectivity index (χ3n) is 2.35. The van der Waals surface area contributed by atoms with Crippen LogP contribution in [0.15, 0.2) is 0 Å². The third kappa shape index (κ3) is 2.28. The predicted molar refractivity (Wildman–Crippen MR) is 47.6 cm³/mol. The lowest BCUT2D eigenvalue weighted by Crippen LogP contribution is -2.47. The van der Waals surface area contributed by atoms with E-state index >= 15 is 0 Å². The van der Waals surface area contributed by atoms with Crippen LogP contribution < -0.4 is 11.1 Å². The lowest BCUT2D eigenvalue weighted by molar-refractivity contribution is -0.139. The topological polar surface area (TPSA) is 113 Å². The van der Waals surface area contributed by atoms with Crippen LogP contribution in [0.25, 0.3) is 0 Å². The number of carboxylic acids is 1. The van der Waals surface area contributed by atoms with Crippen LogP contribution >= 0.6 is 0 Å². The summed E-state index contributed by atoms with van der Waals surface area (Å²) in [6.45, 7) is -0.408. The van der Waals surface area contributed by atoms with Gasteiger partial charge in [0.05, 0.1) is 18.7 Å². The van der Waals surface area contributed by atoms with Crippen molar-refractivity contribution in [3.8, 4) is 0 Å². The van der Waals surface area contributed by atoms with E-state index in [4.69, 9.17) is 15.9 Å². The van der Waals surface area contributed by atoms with E-state index < -0.39 is 30.7 Å². The molecule has 0 aromatic heterocycles. The molecule has 0 bridgehead atoms. The maximum atomic E-state index is 11.4. The average molecular weight is 202 g/mol. The van der Waals surface area contributed by atoms with E-state index in [0.29, 0.717) is 12.8 Å². The number of carbonyl (C=O) groups excluding carboxylic acids is 1. The van der Waals surface area contributed by atoms with Crippen molar-refractivity contribution in [1.29, 1.82) is 0 Å². The molecule has 14 heavy (non-hydrogen) atoms. The van der Waals surface area contributed by atoms with Crippen molar-refractivity contribution in [1.82, 2.24) is 5.32 Å². The molecule has 1 aliphatic heterocycles. The first-order chi connectivity index (χ1) is 6.56. The number of carbonyl (C=O) groups is 2. The van der Waals surface area contributed by atoms with Gasteiger partial charge in [0.15, 0.2) is 5.78 Å². The highest BCUT2D eigenvalue weighted by Crippen LogP contribution is 2.13. The van der Waals surface area contributed by atoms with E-state index in [9.17, 15) is 9.59 Å². The van der Waals surface area contributed by atoms with Gasteiger partial charge in [-0.05, 0) is 12.8 Å². The van der Waals surface area contributed by atoms with Crippen molar-refractivity contribution >= 4 is 11.8 Å². The van der Waals surface area contributed by atoms with Crippen molar-refractivity contribution in [3.05, 3.63) is 0 Å². The standard InChI is InChI=1S/C8H14N2O4/c9-4(3-11)7(12)5-1-2-6(10-5)8(13)14/h4-6,10-11H,1-3,9H2,(H,13,14)/t4-,5?,6-/m0/s1. The molecule has 1 heterocycles. The Balaban J connectivity index is 2.49. The summed E-state index contributed by atoms with van der Waals surface area (Å²) in [5.41, 5.74) is 5.33. The zero-order chi connectivity index (χ0) is 10.7. The summed E-state index contributed by atoms with van der Waals surface area (Å²) in [5.74, 6) is -1.28. The van der Waals surface area contributed by atoms with Gasteiger partial charge in [-0.15, -0.1) is 0 Å². The first-order valence-electron chi connectivity index (χ1n) is 4.45. The van der Waals surface area contributed by atoms with Crippen molar-refractivity contribution in [3.63, 3.8) is 0 Å². The number of nitrogens with one attached hydrogen (secondary N) is 1. The molecular weight excluding hydrogens is 188 g/mol. The second-order valence-corrected chi connectivity index (χ2v) is 3.38. The number of nitrogens with two attached hydrogens (primary N) is 1. The van der Waals surface area contributed by atoms with Gasteiger partial charge >= 0.3 is 5.97 Å². The summed E-state index contributed by atoms with van der Waals surface area (Å²) in [6, 6.07) is -2.12. The molecular formula is C8H14N2O4. The molecule has 1 rings (SSSR count). The lowest BCUT2D eigenvalue weighted by Gasteiger charge is -2.14. The van der Waals surface area contributed by atoms with Gasteiger partial charge in [0, 0.05) is 0 Å². The van der Waals surface area contributed by atoms with E-state index in [2.05, 4.69) is 5.32 Å². The summed E-state index contributed by atoms with van der Waals surface area (Å²) in [6.07, 6.45) is 0.882. The maximum absolute atomic E-state index is 11.4. The molecule has 0 spiro atoms. The quantitative estimate of drug-likeness (QED) is 0.422. The number of ketones is 1. The molecule has 1 saturated heterocycles. The molecule has 0 saturated carbocycles. The Hall–Kier alpha value is -0.980. The summed E-state index contributed by atoms with van der Waals surface area (Å²) in [7, 11) is 0. The number of carboxylic acid groups (broad SMARTS) is 1. The fraction of sp³-hybridized carbons (Fsp3) is 0.750. The molecule has 1 fully saturated rings. The van der Waals surface area contributed by atoms with Crippen molar-refractivity contribution in [2.75, 3.05) is 6.61 Å². The van der Waals surface area contributed by atoms with Crippen LogP contribution in [0, 0.1) is 0 Å². The SMILES string of the molecule is N[C@@H](CO)C(=O)C1CC[C@@H](C(=O)O)N1. The Morgan fingerprint density at radius 2 is 2.00 bits per heavy atom. The van der Waals surface area contributed by atoms with Gasteiger partial charge < -0.3 is 15.9 Å². The van der Waals surface area contributed by atoms with Crippen molar-refractivity contribution < 1.29 is 19.8 Å². The fourth-order valence-corrected chi connectivity index (χ4v) is 1.51. The van der Waals surface area contributed by atoms with Crippen LogP contribution in [0.5, 0.6) is 0 Å². The highest BCUT2D eigenvalue weighted by Gasteiger charge is 2.34. The van der Waals surface area contributed by atoms with Crippen LogP contribution in [0.3, 0.4) is 0 Å². The van der Waals surface area contributed by atoms with Crippen LogP contribution in [0.2, 0.25) is 0 Å². The van der Waals surface area contributed by atoms with Gasteiger partial charge in [-0.3, -0.25) is 14.9 Å². The molecule has 3 atom stereocenters. The molecule has 0 aromatic rings. The minimum atomic E-state index is -0.960. The number of aliphatic hydroxyl groups excluding tert-OH is 1. The molecule has 6 heteroatoms. The Morgan fingerprint density at radius 3 is 2.43 bits per heavy atom. The minimum Gasteiger partial charge on any atom is -0.480 e. The van der Waals surface area contributed by atoms with Gasteiger partial charge in [0.25, 0.3) is 0 Å². The fourth-order valence-electron chi connectivity index (χ4n) is 1.51. The Morgan fingerprint density at radius 1 is 1.43 bits per heavy atom. The molecule has 80 valence electrons. The molecule has 0 amide bonds. The average Bonchev–Trinajstić information content (AvgIpc) is 2.64. The van der Waals surface area contributed by atoms with Crippen molar-refractivity contribution in [2.24, 2.45) is 5.73 Å². The molecule has 0 aromatic carbocycles. The van der Waals surface area contributed by atoms with Crippen LogP contribution in [-0.2, 0) is 9.59 Å². The van der Waals surface area contributed by atoms with Crippen LogP contribution in [0.4, 0.5) is 0 Å². The highest BCUT2D eigenvalue weighted by molar-refractivity contribution is 5.90. The number of aliphatic carboxylic acids is 1. The Labute approximate surface area is 81.1 Å². The largest absolute Gasteiger partial charge is 0.480 e. The molecule has 0 radical (unpaired) electrons. The van der Waals surface area contributed by atoms with Gasteiger partial charge in [0.1, 0.15) is 6.04 Å². The zero-order valence-corrected chi connectivity index (χ0v) is 7.64. The summed E-state index contributed by atoms with van der Waals surface area (Å²) in [4.78, 5) is 22.0. The molecule has 1 unspecified atom stereocenters. The number of hydrogen-bond acceptors (Lipinski definition) is 5. The van der Waals surface area contributed by atoms with Crippen molar-refractivity contribution in [2.45, 2.75) is 31.0 Å². The number of Topliss-reactive ketones (excluding diaryl/α,β-unsaturated/α-hetero) is 1.